The minimum absolute atomic E-state index is 0.271. The van der Waals surface area contributed by atoms with Crippen LogP contribution in [0.4, 0.5) is 0 Å². The minimum Gasteiger partial charge on any atom is -0.416 e. The number of hydrogen-bond acceptors (Lipinski definition) is 1. The monoisotopic (exact) mass is 400 g/mol. The molecule has 1 nitrogen and oxygen atoms in total. The van der Waals surface area contributed by atoms with Crippen molar-refractivity contribution in [2.24, 2.45) is 28.6 Å². The van der Waals surface area contributed by atoms with E-state index in [0.29, 0.717) is 5.41 Å². The highest BCUT2D eigenvalue weighted by atomic mass is 28.4. The maximum Gasteiger partial charge on any atom is 0.192 e. The average molecular weight is 401 g/mol. The Labute approximate surface area is 175 Å². The number of hydrogen-bond donors (Lipinski definition) is 0. The van der Waals surface area contributed by atoms with Crippen LogP contribution in [0.3, 0.4) is 0 Å². The molecule has 0 aromatic carbocycles. The summed E-state index contributed by atoms with van der Waals surface area (Å²) in [6, 6.07) is 0. The molecular weight excluding hydrogens is 356 g/mol. The molecule has 0 bridgehead atoms. The van der Waals surface area contributed by atoms with Crippen molar-refractivity contribution < 1.29 is 4.43 Å². The molecule has 4 aliphatic rings. The van der Waals surface area contributed by atoms with E-state index in [2.05, 4.69) is 53.4 Å². The average Bonchev–Trinajstić information content (AvgIpc) is 2.96. The summed E-state index contributed by atoms with van der Waals surface area (Å²) >= 11 is 0. The zero-order valence-corrected chi connectivity index (χ0v) is 20.5. The highest BCUT2D eigenvalue weighted by Gasteiger charge is 2.58. The Morgan fingerprint density at radius 3 is 2.57 bits per heavy atom. The first kappa shape index (κ1) is 20.9. The predicted molar refractivity (Wildman–Crippen MR) is 123 cm³/mol. The normalized spacial score (nSPS) is 41.1. The molecule has 0 aromatic heterocycles. The van der Waals surface area contributed by atoms with Gasteiger partial charge in [-0.3, -0.25) is 0 Å². The van der Waals surface area contributed by atoms with Gasteiger partial charge < -0.3 is 4.43 Å². The zero-order valence-electron chi connectivity index (χ0n) is 19.5. The summed E-state index contributed by atoms with van der Waals surface area (Å²) in [5, 5.41) is 0.286. The Bertz CT molecular complexity index is 668. The van der Waals surface area contributed by atoms with Crippen LogP contribution in [0.5, 0.6) is 0 Å². The van der Waals surface area contributed by atoms with E-state index in [1.54, 1.807) is 0 Å². The van der Waals surface area contributed by atoms with Crippen LogP contribution in [0, 0.1) is 28.6 Å². The molecule has 5 atom stereocenters. The van der Waals surface area contributed by atoms with Crippen molar-refractivity contribution in [1.82, 2.24) is 0 Å². The molecule has 0 aliphatic heterocycles. The van der Waals surface area contributed by atoms with Crippen molar-refractivity contribution in [2.75, 3.05) is 6.61 Å². The van der Waals surface area contributed by atoms with Gasteiger partial charge in [0.25, 0.3) is 0 Å². The molecule has 0 aromatic rings. The standard InChI is InChI=1S/C26H44OSi/c1-19-11-14-23-21-13-12-20-10-8-9-16-25(20,5)22(21)15-17-26(19,23)18-27-28(6,7)24(2,3)4/h12,21-23H,1,8-11,13-18H2,2-7H3/t21-,22+,23+,25+,26+/m1/s1. The van der Waals surface area contributed by atoms with Crippen molar-refractivity contribution in [1.29, 1.82) is 0 Å². The number of allylic oxidation sites excluding steroid dienone is 2. The van der Waals surface area contributed by atoms with E-state index in [4.69, 9.17) is 4.43 Å². The van der Waals surface area contributed by atoms with Crippen LogP contribution in [0.25, 0.3) is 0 Å². The third-order valence-electron chi connectivity index (χ3n) is 10.2. The first-order chi connectivity index (χ1) is 13.0. The lowest BCUT2D eigenvalue weighted by molar-refractivity contribution is -0.0399. The van der Waals surface area contributed by atoms with Crippen LogP contribution in [0.1, 0.15) is 85.5 Å². The molecule has 0 N–H and O–H groups in total. The second-order valence-electron chi connectivity index (χ2n) is 12.4. The van der Waals surface area contributed by atoms with Gasteiger partial charge in [0, 0.05) is 12.0 Å². The Balaban J connectivity index is 1.60. The van der Waals surface area contributed by atoms with Gasteiger partial charge in [-0.2, -0.15) is 0 Å². The molecule has 4 aliphatic carbocycles. The van der Waals surface area contributed by atoms with Crippen LogP contribution in [-0.2, 0) is 4.43 Å². The van der Waals surface area contributed by atoms with Gasteiger partial charge in [0.2, 0.25) is 0 Å². The second-order valence-corrected chi connectivity index (χ2v) is 17.2. The molecule has 4 rings (SSSR count). The first-order valence-electron chi connectivity index (χ1n) is 12.0. The molecule has 3 saturated carbocycles. The molecule has 28 heavy (non-hydrogen) atoms. The lowest BCUT2D eigenvalue weighted by Gasteiger charge is -2.58. The SMILES string of the molecule is C=C1CC[C@H]2[C@@H]3CC=C4CCCC[C@]4(C)[C@H]3CC[C@]12CO[Si](C)(C)C(C)(C)C. The van der Waals surface area contributed by atoms with E-state index >= 15 is 0 Å². The molecule has 0 amide bonds. The van der Waals surface area contributed by atoms with Crippen molar-refractivity contribution in [2.45, 2.75) is 104 Å². The molecule has 158 valence electrons. The lowest BCUT2D eigenvalue weighted by Crippen LogP contribution is -2.52. The van der Waals surface area contributed by atoms with Gasteiger partial charge in [0.05, 0.1) is 0 Å². The Morgan fingerprint density at radius 1 is 1.11 bits per heavy atom. The highest BCUT2D eigenvalue weighted by Crippen LogP contribution is 2.66. The van der Waals surface area contributed by atoms with Crippen molar-refractivity contribution in [3.8, 4) is 0 Å². The summed E-state index contributed by atoms with van der Waals surface area (Å²) in [5.41, 5.74) is 4.12. The van der Waals surface area contributed by atoms with E-state index in [1.165, 1.54) is 63.4 Å². The summed E-state index contributed by atoms with van der Waals surface area (Å²) in [7, 11) is -1.72. The fourth-order valence-corrected chi connectivity index (χ4v) is 8.28. The first-order valence-corrected chi connectivity index (χ1v) is 14.9. The smallest absolute Gasteiger partial charge is 0.192 e. The van der Waals surface area contributed by atoms with E-state index in [1.807, 2.05) is 5.57 Å². The highest BCUT2D eigenvalue weighted by molar-refractivity contribution is 6.74. The van der Waals surface area contributed by atoms with Crippen LogP contribution in [0.15, 0.2) is 23.8 Å². The van der Waals surface area contributed by atoms with Crippen molar-refractivity contribution in [3.63, 3.8) is 0 Å². The van der Waals surface area contributed by atoms with Crippen molar-refractivity contribution >= 4 is 8.32 Å². The Kier molecular flexibility index (Phi) is 5.11. The maximum atomic E-state index is 6.88. The third-order valence-corrected chi connectivity index (χ3v) is 14.7. The number of fused-ring (bicyclic) bond motifs is 5. The van der Waals surface area contributed by atoms with Gasteiger partial charge >= 0.3 is 0 Å². The summed E-state index contributed by atoms with van der Waals surface area (Å²) in [4.78, 5) is 0. The van der Waals surface area contributed by atoms with E-state index in [-0.39, 0.29) is 10.5 Å². The van der Waals surface area contributed by atoms with Gasteiger partial charge in [0.1, 0.15) is 0 Å². The topological polar surface area (TPSA) is 9.23 Å². The number of rotatable bonds is 3. The molecule has 0 heterocycles. The van der Waals surface area contributed by atoms with Crippen molar-refractivity contribution in [3.05, 3.63) is 23.8 Å². The molecule has 0 unspecified atom stereocenters. The van der Waals surface area contributed by atoms with E-state index < -0.39 is 8.32 Å². The van der Waals surface area contributed by atoms with Gasteiger partial charge in [-0.1, -0.05) is 57.9 Å². The molecular formula is C26H44OSi. The molecule has 0 saturated heterocycles. The lowest BCUT2D eigenvalue weighted by atomic mass is 9.48. The zero-order chi connectivity index (χ0) is 20.4. The van der Waals surface area contributed by atoms with Crippen LogP contribution >= 0.6 is 0 Å². The van der Waals surface area contributed by atoms with E-state index in [0.717, 1.165) is 24.4 Å². The fourth-order valence-electron chi connectivity index (χ4n) is 7.23. The minimum atomic E-state index is -1.72. The summed E-state index contributed by atoms with van der Waals surface area (Å²) in [6.07, 6.45) is 15.0. The van der Waals surface area contributed by atoms with Gasteiger partial charge in [-0.15, -0.1) is 0 Å². The molecule has 3 fully saturated rings. The summed E-state index contributed by atoms with van der Waals surface area (Å²) in [6.45, 7) is 20.1. The molecule has 0 spiro atoms. The largest absolute Gasteiger partial charge is 0.416 e. The van der Waals surface area contributed by atoms with Gasteiger partial charge in [-0.05, 0) is 92.7 Å². The summed E-state index contributed by atoms with van der Waals surface area (Å²) < 4.78 is 6.88. The fraction of sp³-hybridized carbons (Fsp3) is 0.846. The van der Waals surface area contributed by atoms with Crippen LogP contribution in [0.2, 0.25) is 18.1 Å². The quantitative estimate of drug-likeness (QED) is 0.345. The Morgan fingerprint density at radius 2 is 1.86 bits per heavy atom. The predicted octanol–water partition coefficient (Wildman–Crippen LogP) is 7.90. The third kappa shape index (κ3) is 3.04. The van der Waals surface area contributed by atoms with Gasteiger partial charge in [0.15, 0.2) is 8.32 Å². The maximum absolute atomic E-state index is 6.88. The molecule has 0 radical (unpaired) electrons. The van der Waals surface area contributed by atoms with E-state index in [9.17, 15) is 0 Å². The van der Waals surface area contributed by atoms with Crippen LogP contribution in [-0.4, -0.2) is 14.9 Å². The van der Waals surface area contributed by atoms with Crippen LogP contribution < -0.4 is 0 Å². The molecule has 2 heteroatoms. The Hall–Kier alpha value is -0.343. The second kappa shape index (κ2) is 6.84. The summed E-state index contributed by atoms with van der Waals surface area (Å²) in [5.74, 6) is 2.58. The van der Waals surface area contributed by atoms with Gasteiger partial charge in [-0.25, -0.2) is 0 Å².